The van der Waals surface area contributed by atoms with E-state index >= 15 is 0 Å². The monoisotopic (exact) mass is 168 g/mol. The Kier molecular flexibility index (Phi) is 2.13. The van der Waals surface area contributed by atoms with Crippen LogP contribution in [0.15, 0.2) is 0 Å². The summed E-state index contributed by atoms with van der Waals surface area (Å²) in [5.74, 6) is 0. The second-order valence-corrected chi connectivity index (χ2v) is 4.62. The number of hydrogen-bond acceptors (Lipinski definition) is 2. The maximum absolute atomic E-state index is 5.96. The Morgan fingerprint density at radius 2 is 2.33 bits per heavy atom. The Hall–Kier alpha value is -0.0800. The van der Waals surface area contributed by atoms with E-state index in [1.807, 2.05) is 0 Å². The molecule has 1 heterocycles. The Balaban J connectivity index is 1.97. The van der Waals surface area contributed by atoms with E-state index in [1.165, 1.54) is 45.3 Å². The van der Waals surface area contributed by atoms with E-state index in [1.54, 1.807) is 0 Å². The molecule has 0 unspecified atom stereocenters. The van der Waals surface area contributed by atoms with Crippen molar-refractivity contribution < 1.29 is 0 Å². The summed E-state index contributed by atoms with van der Waals surface area (Å²) in [5.41, 5.74) is 6.59. The summed E-state index contributed by atoms with van der Waals surface area (Å²) in [6, 6.07) is 0.502. The first-order valence-corrected chi connectivity index (χ1v) is 5.22. The van der Waals surface area contributed by atoms with Crippen LogP contribution in [-0.2, 0) is 0 Å². The first-order chi connectivity index (χ1) is 5.74. The van der Waals surface area contributed by atoms with Crippen molar-refractivity contribution in [3.8, 4) is 0 Å². The molecule has 1 aliphatic heterocycles. The molecule has 1 spiro atoms. The van der Waals surface area contributed by atoms with Crippen LogP contribution in [0.2, 0.25) is 0 Å². The van der Waals surface area contributed by atoms with E-state index in [4.69, 9.17) is 5.73 Å². The van der Waals surface area contributed by atoms with Gasteiger partial charge in [0.05, 0.1) is 0 Å². The molecule has 2 N–H and O–H groups in total. The summed E-state index contributed by atoms with van der Waals surface area (Å²) >= 11 is 0. The minimum Gasteiger partial charge on any atom is -0.328 e. The third-order valence-corrected chi connectivity index (χ3v) is 3.71. The molecular weight excluding hydrogens is 148 g/mol. The predicted molar refractivity (Wildman–Crippen MR) is 51.0 cm³/mol. The molecule has 0 amide bonds. The minimum atomic E-state index is 0.502. The first kappa shape index (κ1) is 8.52. The number of nitrogens with two attached hydrogens (primary N) is 1. The normalized spacial score (nSPS) is 43.0. The Morgan fingerprint density at radius 1 is 1.50 bits per heavy atom. The standard InChI is InChI=1S/C10H20N2/c1-2-12-6-5-10(8-12)4-3-9(11)7-10/h9H,2-8,11H2,1H3/t9-,10+/m0/s1. The molecule has 2 heteroatoms. The SMILES string of the molecule is CCN1CC[C@@]2(CC[C@H](N)C2)C1. The summed E-state index contributed by atoms with van der Waals surface area (Å²) in [5, 5.41) is 0. The molecule has 0 aromatic rings. The van der Waals surface area contributed by atoms with Crippen LogP contribution in [0.3, 0.4) is 0 Å². The number of likely N-dealkylation sites (tertiary alicyclic amines) is 1. The van der Waals surface area contributed by atoms with Crippen LogP contribution in [0.25, 0.3) is 0 Å². The quantitative estimate of drug-likeness (QED) is 0.637. The topological polar surface area (TPSA) is 29.3 Å². The highest BCUT2D eigenvalue weighted by Gasteiger charge is 2.42. The van der Waals surface area contributed by atoms with Gasteiger partial charge in [0.15, 0.2) is 0 Å². The van der Waals surface area contributed by atoms with Gasteiger partial charge in [-0.25, -0.2) is 0 Å². The Morgan fingerprint density at radius 3 is 2.83 bits per heavy atom. The van der Waals surface area contributed by atoms with Gasteiger partial charge in [0.1, 0.15) is 0 Å². The third kappa shape index (κ3) is 1.38. The zero-order valence-corrected chi connectivity index (χ0v) is 8.05. The molecule has 1 saturated heterocycles. The first-order valence-electron chi connectivity index (χ1n) is 5.22. The molecular formula is C10H20N2. The second kappa shape index (κ2) is 3.00. The average molecular weight is 168 g/mol. The largest absolute Gasteiger partial charge is 0.328 e. The highest BCUT2D eigenvalue weighted by molar-refractivity contribution is 4.97. The molecule has 70 valence electrons. The fourth-order valence-corrected chi connectivity index (χ4v) is 2.92. The third-order valence-electron chi connectivity index (χ3n) is 3.71. The molecule has 2 nitrogen and oxygen atoms in total. The van der Waals surface area contributed by atoms with Crippen LogP contribution < -0.4 is 5.73 Å². The fraction of sp³-hybridized carbons (Fsp3) is 1.00. The summed E-state index contributed by atoms with van der Waals surface area (Å²) < 4.78 is 0. The predicted octanol–water partition coefficient (Wildman–Crippen LogP) is 1.21. The van der Waals surface area contributed by atoms with Crippen molar-refractivity contribution in [1.29, 1.82) is 0 Å². The maximum atomic E-state index is 5.96. The van der Waals surface area contributed by atoms with E-state index in [0.29, 0.717) is 11.5 Å². The number of hydrogen-bond donors (Lipinski definition) is 1. The lowest BCUT2D eigenvalue weighted by molar-refractivity contribution is 0.267. The lowest BCUT2D eigenvalue weighted by Crippen LogP contribution is -2.26. The zero-order valence-electron chi connectivity index (χ0n) is 8.05. The van der Waals surface area contributed by atoms with Crippen LogP contribution in [-0.4, -0.2) is 30.6 Å². The van der Waals surface area contributed by atoms with Gasteiger partial charge in [-0.2, -0.15) is 0 Å². The molecule has 2 fully saturated rings. The van der Waals surface area contributed by atoms with Crippen molar-refractivity contribution in [1.82, 2.24) is 4.90 Å². The van der Waals surface area contributed by atoms with Crippen molar-refractivity contribution >= 4 is 0 Å². The molecule has 2 rings (SSSR count). The molecule has 0 aromatic carbocycles. The molecule has 2 aliphatic rings. The van der Waals surface area contributed by atoms with Crippen LogP contribution in [0.5, 0.6) is 0 Å². The van der Waals surface area contributed by atoms with Crippen molar-refractivity contribution in [2.75, 3.05) is 19.6 Å². The Labute approximate surface area is 75.1 Å². The van der Waals surface area contributed by atoms with Crippen LogP contribution in [0.1, 0.15) is 32.6 Å². The van der Waals surface area contributed by atoms with Crippen molar-refractivity contribution in [3.63, 3.8) is 0 Å². The number of rotatable bonds is 1. The summed E-state index contributed by atoms with van der Waals surface area (Å²) in [6.07, 6.45) is 5.32. The smallest absolute Gasteiger partial charge is 0.00448 e. The van der Waals surface area contributed by atoms with Crippen molar-refractivity contribution in [2.45, 2.75) is 38.6 Å². The van der Waals surface area contributed by atoms with Crippen LogP contribution in [0, 0.1) is 5.41 Å². The highest BCUT2D eigenvalue weighted by atomic mass is 15.2. The van der Waals surface area contributed by atoms with Crippen LogP contribution >= 0.6 is 0 Å². The van der Waals surface area contributed by atoms with Gasteiger partial charge in [-0.1, -0.05) is 6.92 Å². The van der Waals surface area contributed by atoms with E-state index in [2.05, 4.69) is 11.8 Å². The van der Waals surface area contributed by atoms with E-state index in [9.17, 15) is 0 Å². The summed E-state index contributed by atoms with van der Waals surface area (Å²) in [6.45, 7) is 6.10. The van der Waals surface area contributed by atoms with E-state index in [0.717, 1.165) is 0 Å². The molecule has 0 radical (unpaired) electrons. The summed E-state index contributed by atoms with van der Waals surface area (Å²) in [7, 11) is 0. The maximum Gasteiger partial charge on any atom is 0.00448 e. The molecule has 1 saturated carbocycles. The lowest BCUT2D eigenvalue weighted by Gasteiger charge is -2.23. The van der Waals surface area contributed by atoms with Gasteiger partial charge in [0.2, 0.25) is 0 Å². The highest BCUT2D eigenvalue weighted by Crippen LogP contribution is 2.44. The van der Waals surface area contributed by atoms with E-state index < -0.39 is 0 Å². The van der Waals surface area contributed by atoms with Gasteiger partial charge >= 0.3 is 0 Å². The summed E-state index contributed by atoms with van der Waals surface area (Å²) in [4.78, 5) is 2.57. The zero-order chi connectivity index (χ0) is 8.60. The van der Waals surface area contributed by atoms with Crippen molar-refractivity contribution in [2.24, 2.45) is 11.1 Å². The van der Waals surface area contributed by atoms with Gasteiger partial charge in [0.25, 0.3) is 0 Å². The average Bonchev–Trinajstić information content (AvgIpc) is 2.61. The molecule has 0 aromatic heterocycles. The van der Waals surface area contributed by atoms with Gasteiger partial charge in [-0.3, -0.25) is 0 Å². The molecule has 0 bridgehead atoms. The van der Waals surface area contributed by atoms with Crippen LogP contribution in [0.4, 0.5) is 0 Å². The van der Waals surface area contributed by atoms with Gasteiger partial charge < -0.3 is 10.6 Å². The number of nitrogens with zero attached hydrogens (tertiary/aromatic N) is 1. The Bertz CT molecular complexity index is 169. The van der Waals surface area contributed by atoms with Gasteiger partial charge in [-0.05, 0) is 44.2 Å². The fourth-order valence-electron chi connectivity index (χ4n) is 2.92. The van der Waals surface area contributed by atoms with Crippen molar-refractivity contribution in [3.05, 3.63) is 0 Å². The van der Waals surface area contributed by atoms with E-state index in [-0.39, 0.29) is 0 Å². The van der Waals surface area contributed by atoms with Gasteiger partial charge in [0, 0.05) is 12.6 Å². The molecule has 12 heavy (non-hydrogen) atoms. The lowest BCUT2D eigenvalue weighted by atomic mass is 9.85. The molecule has 2 atom stereocenters. The minimum absolute atomic E-state index is 0.502. The van der Waals surface area contributed by atoms with Gasteiger partial charge in [-0.15, -0.1) is 0 Å². The molecule has 1 aliphatic carbocycles. The second-order valence-electron chi connectivity index (χ2n) is 4.62.